The Balaban J connectivity index is 4.51. The second-order valence-corrected chi connectivity index (χ2v) is 7.25. The molecule has 0 radical (unpaired) electrons. The van der Waals surface area contributed by atoms with E-state index >= 15 is 0 Å². The van der Waals surface area contributed by atoms with Gasteiger partial charge in [-0.05, 0) is 12.8 Å². The van der Waals surface area contributed by atoms with Crippen molar-refractivity contribution in [2.75, 3.05) is 12.3 Å². The van der Waals surface area contributed by atoms with Crippen LogP contribution < -0.4 is 0 Å². The molecule has 0 saturated carbocycles. The van der Waals surface area contributed by atoms with Gasteiger partial charge in [-0.1, -0.05) is 6.92 Å². The van der Waals surface area contributed by atoms with E-state index in [0.29, 0.717) is 0 Å². The van der Waals surface area contributed by atoms with E-state index in [0.717, 1.165) is 0 Å². The Hall–Kier alpha value is -1.40. The normalized spacial score (nSPS) is 16.9. The van der Waals surface area contributed by atoms with Gasteiger partial charge in [-0.15, -0.1) is 0 Å². The molecule has 0 aliphatic rings. The number of aliphatic carboxylic acids is 3. The Labute approximate surface area is 115 Å². The van der Waals surface area contributed by atoms with Crippen LogP contribution in [-0.2, 0) is 18.9 Å². The standard InChI is InChI=1S/C11H19O8P/c1-7(10(14)15)4-5-20(18,19)6-8(11(16)17)2-3-9(12)13/h7-8H,2-6H2,1H3,(H,12,13)(H,14,15)(H,16,17)(H,18,19). The highest BCUT2D eigenvalue weighted by Gasteiger charge is 2.30. The molecule has 3 atom stereocenters. The number of hydrogen-bond acceptors (Lipinski definition) is 4. The van der Waals surface area contributed by atoms with Crippen LogP contribution in [-0.4, -0.2) is 50.4 Å². The number of rotatable bonds is 10. The first kappa shape index (κ1) is 18.6. The van der Waals surface area contributed by atoms with Crippen LogP contribution in [0, 0.1) is 11.8 Å². The summed E-state index contributed by atoms with van der Waals surface area (Å²) in [6, 6.07) is 0. The van der Waals surface area contributed by atoms with Gasteiger partial charge >= 0.3 is 17.9 Å². The third-order valence-corrected chi connectivity index (χ3v) is 4.86. The zero-order chi connectivity index (χ0) is 15.9. The van der Waals surface area contributed by atoms with Gasteiger partial charge in [0.05, 0.1) is 11.8 Å². The maximum atomic E-state index is 11.9. The minimum absolute atomic E-state index is 0.0334. The van der Waals surface area contributed by atoms with Crippen LogP contribution in [0.4, 0.5) is 0 Å². The molecule has 8 nitrogen and oxygen atoms in total. The lowest BCUT2D eigenvalue weighted by Gasteiger charge is -2.17. The van der Waals surface area contributed by atoms with Gasteiger partial charge in [0.25, 0.3) is 0 Å². The predicted octanol–water partition coefficient (Wildman–Crippen LogP) is 0.933. The van der Waals surface area contributed by atoms with E-state index in [-0.39, 0.29) is 19.0 Å². The van der Waals surface area contributed by atoms with Crippen molar-refractivity contribution in [2.24, 2.45) is 11.8 Å². The van der Waals surface area contributed by atoms with E-state index < -0.39 is 49.7 Å². The maximum Gasteiger partial charge on any atom is 0.307 e. The summed E-state index contributed by atoms with van der Waals surface area (Å²) >= 11 is 0. The molecule has 20 heavy (non-hydrogen) atoms. The predicted molar refractivity (Wildman–Crippen MR) is 69.0 cm³/mol. The fraction of sp³-hybridized carbons (Fsp3) is 0.727. The third kappa shape index (κ3) is 7.91. The highest BCUT2D eigenvalue weighted by Crippen LogP contribution is 2.44. The van der Waals surface area contributed by atoms with Gasteiger partial charge in [-0.2, -0.15) is 0 Å². The maximum absolute atomic E-state index is 11.9. The lowest BCUT2D eigenvalue weighted by atomic mass is 10.1. The van der Waals surface area contributed by atoms with Gasteiger partial charge in [0.15, 0.2) is 0 Å². The summed E-state index contributed by atoms with van der Waals surface area (Å²) in [6.45, 7) is 1.39. The number of hydrogen-bond donors (Lipinski definition) is 4. The highest BCUT2D eigenvalue weighted by atomic mass is 31.2. The van der Waals surface area contributed by atoms with Crippen molar-refractivity contribution >= 4 is 25.3 Å². The average Bonchev–Trinajstić information content (AvgIpc) is 2.30. The van der Waals surface area contributed by atoms with Crippen LogP contribution in [0.1, 0.15) is 26.2 Å². The second-order valence-electron chi connectivity index (χ2n) is 4.75. The molecule has 3 unspecified atom stereocenters. The Bertz CT molecular complexity index is 419. The number of carboxylic acid groups (broad SMARTS) is 3. The van der Waals surface area contributed by atoms with Crippen LogP contribution in [0.5, 0.6) is 0 Å². The average molecular weight is 310 g/mol. The van der Waals surface area contributed by atoms with Crippen molar-refractivity contribution in [2.45, 2.75) is 26.2 Å². The molecule has 4 N–H and O–H groups in total. The molecule has 9 heteroatoms. The molecular weight excluding hydrogens is 291 g/mol. The van der Waals surface area contributed by atoms with Crippen LogP contribution in [0.2, 0.25) is 0 Å². The molecular formula is C11H19O8P. The molecule has 116 valence electrons. The fourth-order valence-corrected chi connectivity index (χ4v) is 3.55. The largest absolute Gasteiger partial charge is 0.481 e. The minimum Gasteiger partial charge on any atom is -0.481 e. The zero-order valence-corrected chi connectivity index (χ0v) is 12.0. The zero-order valence-electron chi connectivity index (χ0n) is 11.1. The summed E-state index contributed by atoms with van der Waals surface area (Å²) in [5.41, 5.74) is 0. The molecule has 0 spiro atoms. The monoisotopic (exact) mass is 310 g/mol. The first-order valence-electron chi connectivity index (χ1n) is 6.03. The van der Waals surface area contributed by atoms with Gasteiger partial charge in [0, 0.05) is 18.7 Å². The summed E-state index contributed by atoms with van der Waals surface area (Å²) in [5.74, 6) is -5.61. The molecule has 0 aliphatic heterocycles. The minimum atomic E-state index is -3.79. The molecule has 0 aromatic rings. The van der Waals surface area contributed by atoms with Gasteiger partial charge in [-0.3, -0.25) is 18.9 Å². The lowest BCUT2D eigenvalue weighted by Crippen LogP contribution is -2.21. The van der Waals surface area contributed by atoms with Gasteiger partial charge in [0.1, 0.15) is 0 Å². The van der Waals surface area contributed by atoms with Crippen LogP contribution >= 0.6 is 7.37 Å². The topological polar surface area (TPSA) is 149 Å². The number of carbonyl (C=O) groups is 3. The molecule has 0 fully saturated rings. The lowest BCUT2D eigenvalue weighted by molar-refractivity contribution is -0.143. The van der Waals surface area contributed by atoms with E-state index in [9.17, 15) is 23.8 Å². The van der Waals surface area contributed by atoms with Crippen LogP contribution in [0.15, 0.2) is 0 Å². The third-order valence-electron chi connectivity index (χ3n) is 2.89. The summed E-state index contributed by atoms with van der Waals surface area (Å²) in [7, 11) is -3.79. The van der Waals surface area contributed by atoms with Crippen molar-refractivity contribution in [3.05, 3.63) is 0 Å². The van der Waals surface area contributed by atoms with Crippen molar-refractivity contribution in [3.8, 4) is 0 Å². The van der Waals surface area contributed by atoms with E-state index in [1.165, 1.54) is 6.92 Å². The van der Waals surface area contributed by atoms with Crippen molar-refractivity contribution in [1.29, 1.82) is 0 Å². The summed E-state index contributed by atoms with van der Waals surface area (Å²) in [5, 5.41) is 26.0. The van der Waals surface area contributed by atoms with Crippen molar-refractivity contribution < 1.29 is 39.2 Å². The van der Waals surface area contributed by atoms with E-state index in [1.807, 2.05) is 0 Å². The molecule has 0 aromatic heterocycles. The van der Waals surface area contributed by atoms with E-state index in [4.69, 9.17) is 15.3 Å². The molecule has 0 bridgehead atoms. The molecule has 0 aromatic carbocycles. The van der Waals surface area contributed by atoms with E-state index in [1.54, 1.807) is 0 Å². The fourth-order valence-electron chi connectivity index (χ4n) is 1.55. The Morgan fingerprint density at radius 3 is 2.00 bits per heavy atom. The summed E-state index contributed by atoms with van der Waals surface area (Å²) in [4.78, 5) is 41.6. The first-order chi connectivity index (χ1) is 9.05. The Morgan fingerprint density at radius 1 is 1.05 bits per heavy atom. The van der Waals surface area contributed by atoms with Crippen LogP contribution in [0.25, 0.3) is 0 Å². The Morgan fingerprint density at radius 2 is 1.60 bits per heavy atom. The molecule has 0 aliphatic carbocycles. The quantitative estimate of drug-likeness (QED) is 0.435. The van der Waals surface area contributed by atoms with Crippen LogP contribution in [0.3, 0.4) is 0 Å². The second kappa shape index (κ2) is 8.01. The van der Waals surface area contributed by atoms with Gasteiger partial charge in [-0.25, -0.2) is 0 Å². The molecule has 0 rings (SSSR count). The van der Waals surface area contributed by atoms with Crippen molar-refractivity contribution in [1.82, 2.24) is 0 Å². The Kier molecular flexibility index (Phi) is 7.45. The molecule has 0 saturated heterocycles. The molecule has 0 heterocycles. The molecule has 0 amide bonds. The highest BCUT2D eigenvalue weighted by molar-refractivity contribution is 7.58. The first-order valence-corrected chi connectivity index (χ1v) is 8.06. The number of carboxylic acids is 3. The SMILES string of the molecule is CC(CCP(=O)(O)CC(CCC(=O)O)C(=O)O)C(=O)O. The van der Waals surface area contributed by atoms with Gasteiger partial charge < -0.3 is 20.2 Å². The summed E-state index contributed by atoms with van der Waals surface area (Å²) < 4.78 is 11.9. The van der Waals surface area contributed by atoms with Crippen molar-refractivity contribution in [3.63, 3.8) is 0 Å². The van der Waals surface area contributed by atoms with Gasteiger partial charge in [0.2, 0.25) is 7.37 Å². The van der Waals surface area contributed by atoms with E-state index in [2.05, 4.69) is 0 Å². The summed E-state index contributed by atoms with van der Waals surface area (Å²) in [6.07, 6.45) is -1.50. The smallest absolute Gasteiger partial charge is 0.307 e.